The molecule has 18 heavy (non-hydrogen) atoms. The minimum Gasteiger partial charge on any atom is -0.465 e. The van der Waals surface area contributed by atoms with Gasteiger partial charge in [-0.3, -0.25) is 4.79 Å². The minimum absolute atomic E-state index is 0.249. The van der Waals surface area contributed by atoms with Crippen molar-refractivity contribution in [1.29, 1.82) is 5.26 Å². The van der Waals surface area contributed by atoms with E-state index in [1.54, 1.807) is 6.07 Å². The third-order valence-electron chi connectivity index (χ3n) is 2.04. The number of alkyl halides is 2. The van der Waals surface area contributed by atoms with E-state index >= 15 is 0 Å². The van der Waals surface area contributed by atoms with E-state index in [9.17, 15) is 18.4 Å². The number of nitrogens with zero attached hydrogens (tertiary/aromatic N) is 1. The van der Waals surface area contributed by atoms with Gasteiger partial charge in [-0.05, 0) is 12.1 Å². The van der Waals surface area contributed by atoms with Crippen molar-refractivity contribution in [3.63, 3.8) is 0 Å². The van der Waals surface area contributed by atoms with Crippen molar-refractivity contribution >= 4 is 12.3 Å². The van der Waals surface area contributed by atoms with Gasteiger partial charge in [-0.1, -0.05) is 0 Å². The molecule has 0 amide bonds. The van der Waals surface area contributed by atoms with Crippen LogP contribution in [-0.4, -0.2) is 26.0 Å². The van der Waals surface area contributed by atoms with Crippen LogP contribution < -0.4 is 4.74 Å². The number of ether oxygens (including phenoxy) is 2. The van der Waals surface area contributed by atoms with Crippen LogP contribution in [0.1, 0.15) is 26.3 Å². The fourth-order valence-electron chi connectivity index (χ4n) is 1.30. The van der Waals surface area contributed by atoms with Gasteiger partial charge in [0, 0.05) is 0 Å². The molecule has 0 aliphatic rings. The highest BCUT2D eigenvalue weighted by molar-refractivity contribution is 5.95. The normalized spacial score (nSPS) is 9.72. The van der Waals surface area contributed by atoms with Gasteiger partial charge < -0.3 is 9.47 Å². The highest BCUT2D eigenvalue weighted by Crippen LogP contribution is 2.28. The molecule has 0 aliphatic carbocycles. The predicted molar refractivity (Wildman–Crippen MR) is 54.5 cm³/mol. The molecule has 0 aromatic heterocycles. The zero-order valence-electron chi connectivity index (χ0n) is 9.15. The first kappa shape index (κ1) is 13.6. The van der Waals surface area contributed by atoms with Gasteiger partial charge in [0.05, 0.1) is 18.2 Å². The van der Waals surface area contributed by atoms with E-state index < -0.39 is 23.9 Å². The molecule has 1 aromatic rings. The first-order valence-corrected chi connectivity index (χ1v) is 4.60. The molecule has 7 heteroatoms. The summed E-state index contributed by atoms with van der Waals surface area (Å²) in [6.07, 6.45) is 0.250. The van der Waals surface area contributed by atoms with E-state index in [4.69, 9.17) is 5.26 Å². The number of rotatable bonds is 4. The van der Waals surface area contributed by atoms with Crippen LogP contribution in [-0.2, 0) is 4.74 Å². The number of benzene rings is 1. The Bertz CT molecular complexity index is 523. The number of hydrogen-bond donors (Lipinski definition) is 0. The molecule has 94 valence electrons. The minimum atomic E-state index is -3.22. The quantitative estimate of drug-likeness (QED) is 0.605. The second-order valence-corrected chi connectivity index (χ2v) is 3.01. The summed E-state index contributed by atoms with van der Waals surface area (Å²) in [6.45, 7) is -3.22. The first-order valence-electron chi connectivity index (χ1n) is 4.60. The van der Waals surface area contributed by atoms with E-state index in [0.717, 1.165) is 19.2 Å². The van der Waals surface area contributed by atoms with Crippen LogP contribution in [0.2, 0.25) is 0 Å². The number of methoxy groups -OCH3 is 1. The SMILES string of the molecule is COC(=O)c1ccc(C=O)c(OC(F)F)c1C#N. The molecule has 0 heterocycles. The maximum absolute atomic E-state index is 12.2. The Labute approximate surface area is 101 Å². The molecule has 0 saturated carbocycles. The third kappa shape index (κ3) is 2.60. The van der Waals surface area contributed by atoms with E-state index in [0.29, 0.717) is 0 Å². The number of carbonyl (C=O) groups excluding carboxylic acids is 2. The Morgan fingerprint density at radius 2 is 2.17 bits per heavy atom. The number of esters is 1. The van der Waals surface area contributed by atoms with Crippen LogP contribution in [0.5, 0.6) is 5.75 Å². The molecule has 0 fully saturated rings. The van der Waals surface area contributed by atoms with Crippen LogP contribution >= 0.6 is 0 Å². The van der Waals surface area contributed by atoms with Crippen LogP contribution in [0.4, 0.5) is 8.78 Å². The highest BCUT2D eigenvalue weighted by atomic mass is 19.3. The number of hydrogen-bond acceptors (Lipinski definition) is 5. The molecule has 0 atom stereocenters. The number of aldehydes is 1. The number of carbonyl (C=O) groups is 2. The predicted octanol–water partition coefficient (Wildman–Crippen LogP) is 1.76. The van der Waals surface area contributed by atoms with Crippen molar-refractivity contribution in [1.82, 2.24) is 0 Å². The monoisotopic (exact) mass is 255 g/mol. The lowest BCUT2D eigenvalue weighted by atomic mass is 10.0. The maximum Gasteiger partial charge on any atom is 0.387 e. The Balaban J connectivity index is 3.47. The summed E-state index contributed by atoms with van der Waals surface area (Å²) in [7, 11) is 1.07. The molecule has 1 rings (SSSR count). The summed E-state index contributed by atoms with van der Waals surface area (Å²) in [5.74, 6) is -1.52. The van der Waals surface area contributed by atoms with Gasteiger partial charge in [-0.15, -0.1) is 0 Å². The van der Waals surface area contributed by atoms with Crippen molar-refractivity contribution in [2.75, 3.05) is 7.11 Å². The molecule has 0 bridgehead atoms. The lowest BCUT2D eigenvalue weighted by Gasteiger charge is -2.11. The molecule has 1 aromatic carbocycles. The van der Waals surface area contributed by atoms with Crippen molar-refractivity contribution in [3.8, 4) is 11.8 Å². The van der Waals surface area contributed by atoms with Crippen molar-refractivity contribution in [2.45, 2.75) is 6.61 Å². The number of nitriles is 1. The molecule has 0 saturated heterocycles. The summed E-state index contributed by atoms with van der Waals surface area (Å²) in [4.78, 5) is 22.0. The Morgan fingerprint density at radius 3 is 2.61 bits per heavy atom. The molecular weight excluding hydrogens is 248 g/mol. The van der Waals surface area contributed by atoms with Gasteiger partial charge >= 0.3 is 12.6 Å². The topological polar surface area (TPSA) is 76.4 Å². The summed E-state index contributed by atoms with van der Waals surface area (Å²) in [6, 6.07) is 3.77. The third-order valence-corrected chi connectivity index (χ3v) is 2.04. The zero-order chi connectivity index (χ0) is 13.7. The first-order chi connectivity index (χ1) is 8.54. The van der Waals surface area contributed by atoms with Crippen LogP contribution in [0, 0.1) is 11.3 Å². The van der Waals surface area contributed by atoms with E-state index in [1.807, 2.05) is 0 Å². The molecular formula is C11H7F2NO4. The summed E-state index contributed by atoms with van der Waals surface area (Å²) < 4.78 is 32.9. The second-order valence-electron chi connectivity index (χ2n) is 3.01. The van der Waals surface area contributed by atoms with Gasteiger partial charge in [-0.2, -0.15) is 14.0 Å². The van der Waals surface area contributed by atoms with E-state index in [-0.39, 0.29) is 17.4 Å². The molecule has 0 spiro atoms. The van der Waals surface area contributed by atoms with Crippen LogP contribution in [0.25, 0.3) is 0 Å². The zero-order valence-corrected chi connectivity index (χ0v) is 9.15. The van der Waals surface area contributed by atoms with Crippen molar-refractivity contribution in [2.24, 2.45) is 0 Å². The van der Waals surface area contributed by atoms with Crippen molar-refractivity contribution < 1.29 is 27.8 Å². The summed E-state index contributed by atoms with van der Waals surface area (Å²) >= 11 is 0. The molecule has 0 radical (unpaired) electrons. The lowest BCUT2D eigenvalue weighted by molar-refractivity contribution is -0.0503. The van der Waals surface area contributed by atoms with Gasteiger partial charge in [0.1, 0.15) is 11.6 Å². The van der Waals surface area contributed by atoms with E-state index in [2.05, 4.69) is 9.47 Å². The lowest BCUT2D eigenvalue weighted by Crippen LogP contribution is -2.11. The van der Waals surface area contributed by atoms with Crippen LogP contribution in [0.15, 0.2) is 12.1 Å². The second kappa shape index (κ2) is 5.72. The Morgan fingerprint density at radius 1 is 1.50 bits per heavy atom. The molecule has 0 N–H and O–H groups in total. The van der Waals surface area contributed by atoms with Gasteiger partial charge in [0.25, 0.3) is 0 Å². The fourth-order valence-corrected chi connectivity index (χ4v) is 1.30. The smallest absolute Gasteiger partial charge is 0.387 e. The summed E-state index contributed by atoms with van der Waals surface area (Å²) in [5.41, 5.74) is -0.965. The molecule has 0 unspecified atom stereocenters. The van der Waals surface area contributed by atoms with Crippen LogP contribution in [0.3, 0.4) is 0 Å². The Hall–Kier alpha value is -2.49. The molecule has 5 nitrogen and oxygen atoms in total. The molecule has 0 aliphatic heterocycles. The Kier molecular flexibility index (Phi) is 4.32. The van der Waals surface area contributed by atoms with Gasteiger partial charge in [-0.25, -0.2) is 4.79 Å². The largest absolute Gasteiger partial charge is 0.465 e. The fraction of sp³-hybridized carbons (Fsp3) is 0.182. The standard InChI is InChI=1S/C11H7F2NO4/c1-17-10(16)7-3-2-6(5-15)9(8(7)4-14)18-11(12)13/h2-3,5,11H,1H3. The maximum atomic E-state index is 12.2. The van der Waals surface area contributed by atoms with Crippen molar-refractivity contribution in [3.05, 3.63) is 28.8 Å². The summed E-state index contributed by atoms with van der Waals surface area (Å²) in [5, 5.41) is 8.88. The highest BCUT2D eigenvalue weighted by Gasteiger charge is 2.21. The average molecular weight is 255 g/mol. The van der Waals surface area contributed by atoms with Gasteiger partial charge in [0.15, 0.2) is 12.0 Å². The average Bonchev–Trinajstić information content (AvgIpc) is 2.36. The number of halogens is 2. The van der Waals surface area contributed by atoms with Gasteiger partial charge in [0.2, 0.25) is 0 Å². The van der Waals surface area contributed by atoms with E-state index in [1.165, 1.54) is 0 Å².